The molecule has 2 aliphatic heterocycles. The van der Waals surface area contributed by atoms with Crippen LogP contribution < -0.4 is 5.32 Å². The fraction of sp³-hybridized carbons (Fsp3) is 0.571. The summed E-state index contributed by atoms with van der Waals surface area (Å²) in [6.45, 7) is 4.40. The first kappa shape index (κ1) is 13.8. The van der Waals surface area contributed by atoms with E-state index in [0.29, 0.717) is 39.2 Å². The second-order valence-corrected chi connectivity index (χ2v) is 5.36. The molecule has 21 heavy (non-hydrogen) atoms. The number of amides is 3. The number of carbonyl (C=O) groups excluding carboxylic acids is 2. The van der Waals surface area contributed by atoms with Gasteiger partial charge in [-0.3, -0.25) is 4.90 Å². The quantitative estimate of drug-likeness (QED) is 0.901. The Bertz CT molecular complexity index is 542. The van der Waals surface area contributed by atoms with Gasteiger partial charge in [0.2, 0.25) is 0 Å². The van der Waals surface area contributed by atoms with Crippen LogP contribution >= 0.6 is 0 Å². The van der Waals surface area contributed by atoms with Crippen LogP contribution in [0.5, 0.6) is 0 Å². The lowest BCUT2D eigenvalue weighted by atomic mass is 10.2. The molecule has 0 aliphatic carbocycles. The number of aryl methyl sites for hydroxylation is 1. The summed E-state index contributed by atoms with van der Waals surface area (Å²) in [6.07, 6.45) is 0.401. The SMILES string of the molecule is Cc1ccc(CCNC(=O)N2CCN3C(=O)OC[C@H]3C2)o1. The van der Waals surface area contributed by atoms with Crippen LogP contribution in [0.25, 0.3) is 0 Å². The standard InChI is InChI=1S/C14H19N3O4/c1-10-2-3-12(21-10)4-5-15-13(18)16-6-7-17-11(8-16)9-20-14(17)19/h2-3,11H,4-9H2,1H3,(H,15,18)/t11-/m1/s1. The van der Waals surface area contributed by atoms with E-state index in [2.05, 4.69) is 5.32 Å². The Morgan fingerprint density at radius 2 is 2.29 bits per heavy atom. The Kier molecular flexibility index (Phi) is 3.72. The number of nitrogens with one attached hydrogen (secondary N) is 1. The molecule has 3 rings (SSSR count). The number of nitrogens with zero attached hydrogens (tertiary/aromatic N) is 2. The first-order valence-corrected chi connectivity index (χ1v) is 7.15. The van der Waals surface area contributed by atoms with E-state index in [4.69, 9.17) is 9.15 Å². The van der Waals surface area contributed by atoms with Gasteiger partial charge in [-0.1, -0.05) is 0 Å². The van der Waals surface area contributed by atoms with Gasteiger partial charge in [-0.05, 0) is 19.1 Å². The van der Waals surface area contributed by atoms with Gasteiger partial charge in [-0.2, -0.15) is 0 Å². The molecule has 0 radical (unpaired) electrons. The second-order valence-electron chi connectivity index (χ2n) is 5.36. The molecule has 7 nitrogen and oxygen atoms in total. The smallest absolute Gasteiger partial charge is 0.410 e. The molecule has 0 bridgehead atoms. The molecule has 7 heteroatoms. The van der Waals surface area contributed by atoms with Crippen LogP contribution in [0, 0.1) is 6.92 Å². The van der Waals surface area contributed by atoms with Gasteiger partial charge < -0.3 is 19.4 Å². The molecule has 0 saturated carbocycles. The largest absolute Gasteiger partial charge is 0.466 e. The molecule has 0 spiro atoms. The van der Waals surface area contributed by atoms with Crippen LogP contribution in [0.3, 0.4) is 0 Å². The zero-order valence-electron chi connectivity index (χ0n) is 12.0. The van der Waals surface area contributed by atoms with E-state index in [1.165, 1.54) is 0 Å². The first-order valence-electron chi connectivity index (χ1n) is 7.15. The maximum absolute atomic E-state index is 12.1. The molecular weight excluding hydrogens is 274 g/mol. The van der Waals surface area contributed by atoms with Gasteiger partial charge in [0.15, 0.2) is 0 Å². The maximum atomic E-state index is 12.1. The number of piperazine rings is 1. The zero-order chi connectivity index (χ0) is 14.8. The lowest BCUT2D eigenvalue weighted by Gasteiger charge is -2.35. The average molecular weight is 293 g/mol. The highest BCUT2D eigenvalue weighted by Crippen LogP contribution is 2.17. The maximum Gasteiger partial charge on any atom is 0.410 e. The van der Waals surface area contributed by atoms with E-state index in [1.807, 2.05) is 19.1 Å². The van der Waals surface area contributed by atoms with Gasteiger partial charge in [0.25, 0.3) is 0 Å². The van der Waals surface area contributed by atoms with Crippen molar-refractivity contribution in [1.82, 2.24) is 15.1 Å². The van der Waals surface area contributed by atoms with Crippen LogP contribution in [-0.2, 0) is 11.2 Å². The van der Waals surface area contributed by atoms with Gasteiger partial charge in [0.1, 0.15) is 18.1 Å². The number of cyclic esters (lactones) is 1. The van der Waals surface area contributed by atoms with Crippen molar-refractivity contribution in [2.75, 3.05) is 32.8 Å². The molecule has 0 unspecified atom stereocenters. The lowest BCUT2D eigenvalue weighted by molar-refractivity contribution is 0.127. The summed E-state index contributed by atoms with van der Waals surface area (Å²) in [5, 5.41) is 2.88. The predicted molar refractivity (Wildman–Crippen MR) is 74.0 cm³/mol. The summed E-state index contributed by atoms with van der Waals surface area (Å²) in [5.74, 6) is 1.74. The summed E-state index contributed by atoms with van der Waals surface area (Å²) >= 11 is 0. The van der Waals surface area contributed by atoms with E-state index >= 15 is 0 Å². The zero-order valence-corrected chi connectivity index (χ0v) is 12.0. The van der Waals surface area contributed by atoms with Gasteiger partial charge in [-0.25, -0.2) is 9.59 Å². The van der Waals surface area contributed by atoms with Gasteiger partial charge >= 0.3 is 12.1 Å². The second kappa shape index (κ2) is 5.67. The molecule has 1 atom stereocenters. The molecule has 2 aliphatic rings. The minimum Gasteiger partial charge on any atom is -0.466 e. The van der Waals surface area contributed by atoms with Crippen LogP contribution in [-0.4, -0.2) is 60.8 Å². The van der Waals surface area contributed by atoms with Crippen LogP contribution in [0.1, 0.15) is 11.5 Å². The van der Waals surface area contributed by atoms with Gasteiger partial charge in [0, 0.05) is 32.6 Å². The van der Waals surface area contributed by atoms with E-state index in [0.717, 1.165) is 11.5 Å². The van der Waals surface area contributed by atoms with Crippen molar-refractivity contribution in [2.45, 2.75) is 19.4 Å². The van der Waals surface area contributed by atoms with Crippen LogP contribution in [0.4, 0.5) is 9.59 Å². The number of ether oxygens (including phenoxy) is 1. The highest BCUT2D eigenvalue weighted by molar-refractivity contribution is 5.75. The molecule has 0 aromatic carbocycles. The third-order valence-electron chi connectivity index (χ3n) is 3.85. The fourth-order valence-corrected chi connectivity index (χ4v) is 2.70. The van der Waals surface area contributed by atoms with E-state index < -0.39 is 0 Å². The molecule has 114 valence electrons. The van der Waals surface area contributed by atoms with E-state index in [1.54, 1.807) is 9.80 Å². The Hall–Kier alpha value is -2.18. The molecule has 3 amide bonds. The first-order chi connectivity index (χ1) is 10.1. The van der Waals surface area contributed by atoms with Gasteiger partial charge in [0.05, 0.1) is 6.04 Å². The number of hydrogen-bond acceptors (Lipinski definition) is 4. The highest BCUT2D eigenvalue weighted by Gasteiger charge is 2.38. The van der Waals surface area contributed by atoms with Crippen molar-refractivity contribution < 1.29 is 18.7 Å². The topological polar surface area (TPSA) is 75.0 Å². The Labute approximate surface area is 122 Å². The number of fused-ring (bicyclic) bond motifs is 1. The summed E-state index contributed by atoms with van der Waals surface area (Å²) in [5.41, 5.74) is 0. The van der Waals surface area contributed by atoms with Crippen molar-refractivity contribution in [2.24, 2.45) is 0 Å². The lowest BCUT2D eigenvalue weighted by Crippen LogP contribution is -2.56. The number of rotatable bonds is 3. The summed E-state index contributed by atoms with van der Waals surface area (Å²) in [7, 11) is 0. The number of hydrogen-bond donors (Lipinski definition) is 1. The number of carbonyl (C=O) groups is 2. The third-order valence-corrected chi connectivity index (χ3v) is 3.85. The minimum absolute atomic E-state index is 0.00952. The summed E-state index contributed by atoms with van der Waals surface area (Å²) in [6, 6.07) is 3.72. The molecule has 1 aromatic heterocycles. The summed E-state index contributed by atoms with van der Waals surface area (Å²) < 4.78 is 10.4. The van der Waals surface area contributed by atoms with E-state index in [9.17, 15) is 9.59 Å². The predicted octanol–water partition coefficient (Wildman–Crippen LogP) is 0.977. The Morgan fingerprint density at radius 3 is 3.05 bits per heavy atom. The van der Waals surface area contributed by atoms with Gasteiger partial charge in [-0.15, -0.1) is 0 Å². The summed E-state index contributed by atoms with van der Waals surface area (Å²) in [4.78, 5) is 26.9. The molecule has 1 N–H and O–H groups in total. The Morgan fingerprint density at radius 1 is 1.43 bits per heavy atom. The Balaban J connectivity index is 1.44. The average Bonchev–Trinajstić information content (AvgIpc) is 3.05. The van der Waals surface area contributed by atoms with Crippen molar-refractivity contribution in [3.8, 4) is 0 Å². The highest BCUT2D eigenvalue weighted by atomic mass is 16.6. The number of urea groups is 1. The molecular formula is C14H19N3O4. The molecule has 1 aromatic rings. The monoisotopic (exact) mass is 293 g/mol. The van der Waals surface area contributed by atoms with Crippen molar-refractivity contribution in [3.63, 3.8) is 0 Å². The van der Waals surface area contributed by atoms with E-state index in [-0.39, 0.29) is 18.2 Å². The van der Waals surface area contributed by atoms with Crippen LogP contribution in [0.15, 0.2) is 16.5 Å². The van der Waals surface area contributed by atoms with Crippen LogP contribution in [0.2, 0.25) is 0 Å². The number of furan rings is 1. The molecule has 2 fully saturated rings. The third kappa shape index (κ3) is 2.96. The van der Waals surface area contributed by atoms with Crippen molar-refractivity contribution in [1.29, 1.82) is 0 Å². The molecule has 2 saturated heterocycles. The fourth-order valence-electron chi connectivity index (χ4n) is 2.70. The van der Waals surface area contributed by atoms with Crippen molar-refractivity contribution >= 4 is 12.1 Å². The minimum atomic E-state index is -0.270. The normalized spacial score (nSPS) is 21.2. The molecule has 3 heterocycles. The van der Waals surface area contributed by atoms with Crippen molar-refractivity contribution in [3.05, 3.63) is 23.7 Å².